The second-order valence-electron chi connectivity index (χ2n) is 29.4. The van der Waals surface area contributed by atoms with Crippen LogP contribution >= 0.6 is 34.8 Å². The molecule has 16 rings (SSSR count). The van der Waals surface area contributed by atoms with Crippen LogP contribution in [-0.4, -0.2) is 133 Å². The first-order chi connectivity index (χ1) is 50.5. The van der Waals surface area contributed by atoms with Crippen LogP contribution in [0.1, 0.15) is 137 Å². The summed E-state index contributed by atoms with van der Waals surface area (Å²) in [5.41, 5.74) is 10.6. The number of aromatic nitrogens is 16. The first-order valence-corrected chi connectivity index (χ1v) is 36.8. The lowest BCUT2D eigenvalue weighted by atomic mass is 9.78. The number of rotatable bonds is 11. The molecule has 28 heteroatoms. The number of nitrogens with one attached hydrogen (secondary N) is 4. The number of piperidine rings is 4. The molecule has 4 aliphatic heterocycles. The molecule has 4 N–H and O–H groups in total. The van der Waals surface area contributed by atoms with Crippen molar-refractivity contribution in [2.24, 2.45) is 21.7 Å². The molecular formula is C77H82Cl3F3N22. The SMILES string of the molecule is CC1(C)CCN(c2cnc3c(-c4cccc(F)c4F)[nH]nc3n2)CC1.CCC1(C)CCN(c2cnc3c(-c4c(F)cccc4Cl)[nH]nc3n2)CC1.CCC1(C)CCN(c2cnc3c(-c4cccc(C#N)c4Cl)[nH]nc3n2)CC1.CCC1(C)CCN(c2cnc3c(-c4cccc(Cl)c4C#N)[nH]nc3n2)CC1. The maximum atomic E-state index is 14.2. The summed E-state index contributed by atoms with van der Waals surface area (Å²) in [5, 5.41) is 48.3. The number of halogens is 6. The van der Waals surface area contributed by atoms with Crippen LogP contribution in [0.2, 0.25) is 15.1 Å². The molecule has 0 amide bonds. The lowest BCUT2D eigenvalue weighted by Gasteiger charge is -2.39. The predicted molar refractivity (Wildman–Crippen MR) is 408 cm³/mol. The average Bonchev–Trinajstić information content (AvgIpc) is 1.70. The molecule has 4 aromatic carbocycles. The predicted octanol–water partition coefficient (Wildman–Crippen LogP) is 17.9. The van der Waals surface area contributed by atoms with Gasteiger partial charge in [0.15, 0.2) is 11.6 Å². The fraction of sp³-hybridized carbons (Fsp3) is 0.403. The fourth-order valence-electron chi connectivity index (χ4n) is 13.8. The highest BCUT2D eigenvalue weighted by molar-refractivity contribution is 6.35. The number of anilines is 4. The van der Waals surface area contributed by atoms with E-state index in [2.05, 4.69) is 158 Å². The van der Waals surface area contributed by atoms with Crippen molar-refractivity contribution in [3.8, 4) is 57.2 Å². The molecule has 12 heterocycles. The lowest BCUT2D eigenvalue weighted by Crippen LogP contribution is -2.38. The molecule has 0 bridgehead atoms. The zero-order valence-corrected chi connectivity index (χ0v) is 62.3. The summed E-state index contributed by atoms with van der Waals surface area (Å²) < 4.78 is 41.8. The number of fused-ring (bicyclic) bond motifs is 4. The highest BCUT2D eigenvalue weighted by atomic mass is 35.5. The Labute approximate surface area is 621 Å². The number of nitrogens with zero attached hydrogens (tertiary/aromatic N) is 18. The number of H-pyrrole nitrogens is 4. The zero-order valence-electron chi connectivity index (χ0n) is 60.0. The Morgan fingerprint density at radius 2 is 0.762 bits per heavy atom. The Morgan fingerprint density at radius 1 is 0.419 bits per heavy atom. The molecule has 105 heavy (non-hydrogen) atoms. The summed E-state index contributed by atoms with van der Waals surface area (Å²) in [6, 6.07) is 23.6. The first-order valence-electron chi connectivity index (χ1n) is 35.7. The minimum absolute atomic E-state index is 0.101. The highest BCUT2D eigenvalue weighted by Gasteiger charge is 2.34. The van der Waals surface area contributed by atoms with Gasteiger partial charge in [-0.2, -0.15) is 30.9 Å². The fourth-order valence-corrected chi connectivity index (χ4v) is 14.5. The second kappa shape index (κ2) is 30.6. The molecule has 0 aliphatic carbocycles. The quantitative estimate of drug-likeness (QED) is 0.0936. The van der Waals surface area contributed by atoms with E-state index in [1.54, 1.807) is 55.1 Å². The monoisotopic (exact) mass is 1480 g/mol. The summed E-state index contributed by atoms with van der Waals surface area (Å²) in [6.45, 7) is 26.1. The number of hydrogen-bond donors (Lipinski definition) is 4. The van der Waals surface area contributed by atoms with Crippen LogP contribution in [0.25, 0.3) is 89.7 Å². The third kappa shape index (κ3) is 15.4. The van der Waals surface area contributed by atoms with Crippen LogP contribution in [0.15, 0.2) is 97.6 Å². The van der Waals surface area contributed by atoms with E-state index in [0.29, 0.717) is 126 Å². The number of benzene rings is 4. The van der Waals surface area contributed by atoms with Gasteiger partial charge in [0.25, 0.3) is 0 Å². The summed E-state index contributed by atoms with van der Waals surface area (Å²) in [5.74, 6) is 1.05. The summed E-state index contributed by atoms with van der Waals surface area (Å²) >= 11 is 18.7. The van der Waals surface area contributed by atoms with Gasteiger partial charge in [-0.1, -0.05) is 146 Å². The van der Waals surface area contributed by atoms with E-state index in [1.165, 1.54) is 37.5 Å². The van der Waals surface area contributed by atoms with Crippen LogP contribution in [0, 0.1) is 61.8 Å². The minimum Gasteiger partial charge on any atom is -0.355 e. The number of hydrogen-bond acceptors (Lipinski definition) is 18. The standard InChI is InChI=1S/2C20H21ClN6.C19H21ClFN5.C18H19F2N5/c1-3-20(2)7-9-27(10-8-20)16-12-23-18-17(25-26-19(18)24-16)13-5-4-6-15(21)14(13)11-22;1-3-20(2)7-9-27(10-8-20)15-12-23-18-17(25-26-19(18)24-15)14-6-4-5-13(11-22)16(14)21;1-3-19(2)7-9-26(10-8-19)14-11-22-17-16(24-25-18(17)23-14)15-12(20)5-4-6-13(15)21;1-18(2)6-8-25(9-7-18)13-10-21-16-15(23-24-17(16)22-13)11-4-3-5-12(19)14(11)20/h2*4-6,12H,3,7-10H2,1-2H3,(H,24,25,26);4-6,11H,3,7-10H2,1-2H3,(H,23,24,25);3-5,10H,6-9H2,1-2H3,(H,22,23,24). The van der Waals surface area contributed by atoms with Gasteiger partial charge in [-0.3, -0.25) is 20.4 Å². The van der Waals surface area contributed by atoms with Crippen LogP contribution < -0.4 is 19.6 Å². The van der Waals surface area contributed by atoms with E-state index in [0.717, 1.165) is 133 Å². The van der Waals surface area contributed by atoms with Crippen molar-refractivity contribution in [2.45, 2.75) is 126 Å². The van der Waals surface area contributed by atoms with Crippen molar-refractivity contribution >= 4 is 103 Å². The summed E-state index contributed by atoms with van der Waals surface area (Å²) in [7, 11) is 0. The van der Waals surface area contributed by atoms with Crippen LogP contribution in [0.4, 0.5) is 36.4 Å². The lowest BCUT2D eigenvalue weighted by molar-refractivity contribution is 0.237. The normalized spacial score (nSPS) is 16.8. The van der Waals surface area contributed by atoms with Crippen molar-refractivity contribution in [2.75, 3.05) is 72.0 Å². The van der Waals surface area contributed by atoms with E-state index >= 15 is 0 Å². The molecule has 0 unspecified atom stereocenters. The number of nitriles is 2. The zero-order chi connectivity index (χ0) is 74.0. The molecule has 12 aromatic rings. The van der Waals surface area contributed by atoms with Gasteiger partial charge in [0.1, 0.15) is 63.3 Å². The van der Waals surface area contributed by atoms with Gasteiger partial charge in [-0.05, 0) is 109 Å². The molecule has 4 saturated heterocycles. The smallest absolute Gasteiger partial charge is 0.202 e. The van der Waals surface area contributed by atoms with Gasteiger partial charge in [0.05, 0.1) is 79.3 Å². The maximum absolute atomic E-state index is 14.2. The molecule has 0 atom stereocenters. The largest absolute Gasteiger partial charge is 0.355 e. The third-order valence-corrected chi connectivity index (χ3v) is 23.1. The molecular weight excluding hydrogens is 1400 g/mol. The molecule has 0 saturated carbocycles. The topological polar surface area (TPSA) is 278 Å². The molecule has 4 aliphatic rings. The van der Waals surface area contributed by atoms with Crippen LogP contribution in [0.5, 0.6) is 0 Å². The number of aromatic amines is 4. The Balaban J connectivity index is 0.000000124. The second-order valence-corrected chi connectivity index (χ2v) is 30.5. The van der Waals surface area contributed by atoms with Crippen LogP contribution in [0.3, 0.4) is 0 Å². The summed E-state index contributed by atoms with van der Waals surface area (Å²) in [6.07, 6.45) is 19.7. The molecule has 542 valence electrons. The van der Waals surface area contributed by atoms with Gasteiger partial charge in [-0.25, -0.2) is 53.0 Å². The molecule has 0 radical (unpaired) electrons. The van der Waals surface area contributed by atoms with E-state index in [-0.39, 0.29) is 11.1 Å². The van der Waals surface area contributed by atoms with E-state index in [4.69, 9.17) is 44.8 Å². The van der Waals surface area contributed by atoms with E-state index in [1.807, 2.05) is 18.2 Å². The van der Waals surface area contributed by atoms with Gasteiger partial charge >= 0.3 is 0 Å². The first kappa shape index (κ1) is 73.2. The van der Waals surface area contributed by atoms with Gasteiger partial charge in [0.2, 0.25) is 22.6 Å². The molecule has 22 nitrogen and oxygen atoms in total. The van der Waals surface area contributed by atoms with Crippen LogP contribution in [-0.2, 0) is 0 Å². The Hall–Kier alpha value is -10.1. The van der Waals surface area contributed by atoms with Crippen molar-refractivity contribution < 1.29 is 13.2 Å². The van der Waals surface area contributed by atoms with Crippen molar-refractivity contribution in [1.29, 1.82) is 10.5 Å². The summed E-state index contributed by atoms with van der Waals surface area (Å²) in [4.78, 5) is 45.7. The van der Waals surface area contributed by atoms with Crippen molar-refractivity contribution in [3.63, 3.8) is 0 Å². The van der Waals surface area contributed by atoms with Gasteiger partial charge in [-0.15, -0.1) is 0 Å². The maximum Gasteiger partial charge on any atom is 0.202 e. The van der Waals surface area contributed by atoms with E-state index < -0.39 is 17.5 Å². The van der Waals surface area contributed by atoms with Crippen molar-refractivity contribution in [3.05, 3.63) is 141 Å². The molecule has 4 fully saturated rings. The van der Waals surface area contributed by atoms with E-state index in [9.17, 15) is 23.7 Å². The Morgan fingerprint density at radius 3 is 1.18 bits per heavy atom. The van der Waals surface area contributed by atoms with Crippen molar-refractivity contribution in [1.82, 2.24) is 80.7 Å². The molecule has 8 aromatic heterocycles. The highest BCUT2D eigenvalue weighted by Crippen LogP contribution is 2.42. The van der Waals surface area contributed by atoms with Gasteiger partial charge in [0, 0.05) is 69.0 Å². The Bertz CT molecular complexity index is 5200. The molecule has 0 spiro atoms. The minimum atomic E-state index is -0.919. The average molecular weight is 1480 g/mol. The Kier molecular flexibility index (Phi) is 21.3. The van der Waals surface area contributed by atoms with Gasteiger partial charge < -0.3 is 19.6 Å². The third-order valence-electron chi connectivity index (χ3n) is 22.1.